The predicted molar refractivity (Wildman–Crippen MR) is 61.5 cm³/mol. The third kappa shape index (κ3) is 2.48. The first kappa shape index (κ1) is 9.99. The average Bonchev–Trinajstić information content (AvgIpc) is 2.80. The summed E-state index contributed by atoms with van der Waals surface area (Å²) < 4.78 is 5.05. The van der Waals surface area contributed by atoms with E-state index in [0.717, 1.165) is 18.7 Å². The molecule has 0 fully saturated rings. The number of rotatable bonds is 4. The fourth-order valence-corrected chi connectivity index (χ4v) is 1.51. The maximum atomic E-state index is 5.05. The minimum absolute atomic E-state index is 0.933. The van der Waals surface area contributed by atoms with Gasteiger partial charge in [-0.05, 0) is 23.7 Å². The summed E-state index contributed by atoms with van der Waals surface area (Å²) in [5.74, 6) is 0. The number of benzene rings is 1. The Bertz CT molecular complexity index is 389. The lowest BCUT2D eigenvalue weighted by molar-refractivity contribution is 0.568. The zero-order chi connectivity index (χ0) is 10.5. The van der Waals surface area contributed by atoms with Gasteiger partial charge in [0.1, 0.15) is 0 Å². The summed E-state index contributed by atoms with van der Waals surface area (Å²) >= 11 is 0. The Morgan fingerprint density at radius 2 is 1.87 bits per heavy atom. The van der Waals surface area contributed by atoms with Crippen LogP contribution in [0.4, 0.5) is 0 Å². The monoisotopic (exact) mass is 201 g/mol. The largest absolute Gasteiger partial charge is 0.472 e. The van der Waals surface area contributed by atoms with E-state index in [1.807, 2.05) is 6.07 Å². The molecule has 15 heavy (non-hydrogen) atoms. The van der Waals surface area contributed by atoms with Crippen LogP contribution < -0.4 is 5.32 Å². The fraction of sp³-hybridized carbons (Fsp3) is 0.231. The van der Waals surface area contributed by atoms with Crippen LogP contribution in [0.5, 0.6) is 0 Å². The van der Waals surface area contributed by atoms with Crippen molar-refractivity contribution in [3.63, 3.8) is 0 Å². The number of hydrogen-bond acceptors (Lipinski definition) is 2. The van der Waals surface area contributed by atoms with Crippen LogP contribution in [0.1, 0.15) is 12.5 Å². The van der Waals surface area contributed by atoms with Gasteiger partial charge in [0.15, 0.2) is 0 Å². The first-order valence-corrected chi connectivity index (χ1v) is 5.22. The summed E-state index contributed by atoms with van der Waals surface area (Å²) in [7, 11) is 0. The van der Waals surface area contributed by atoms with Crippen LogP contribution in [-0.4, -0.2) is 6.54 Å². The van der Waals surface area contributed by atoms with E-state index < -0.39 is 0 Å². The average molecular weight is 201 g/mol. The molecule has 1 aromatic carbocycles. The van der Waals surface area contributed by atoms with Crippen LogP contribution >= 0.6 is 0 Å². The normalized spacial score (nSPS) is 10.5. The molecule has 0 unspecified atom stereocenters. The Balaban J connectivity index is 2.11. The topological polar surface area (TPSA) is 25.2 Å². The van der Waals surface area contributed by atoms with E-state index in [-0.39, 0.29) is 0 Å². The van der Waals surface area contributed by atoms with Crippen LogP contribution in [0.2, 0.25) is 0 Å². The van der Waals surface area contributed by atoms with Crippen molar-refractivity contribution in [1.82, 2.24) is 5.32 Å². The molecule has 1 heterocycles. The van der Waals surface area contributed by atoms with E-state index in [1.165, 1.54) is 11.1 Å². The highest BCUT2D eigenvalue weighted by Crippen LogP contribution is 2.19. The van der Waals surface area contributed by atoms with Gasteiger partial charge < -0.3 is 9.73 Å². The molecule has 0 saturated heterocycles. The van der Waals surface area contributed by atoms with Gasteiger partial charge in [-0.25, -0.2) is 0 Å². The number of furan rings is 1. The Hall–Kier alpha value is -1.54. The van der Waals surface area contributed by atoms with Gasteiger partial charge >= 0.3 is 0 Å². The Morgan fingerprint density at radius 1 is 1.07 bits per heavy atom. The number of nitrogens with one attached hydrogen (secondary N) is 1. The molecule has 0 aliphatic carbocycles. The maximum absolute atomic E-state index is 5.05. The fourth-order valence-electron chi connectivity index (χ4n) is 1.51. The van der Waals surface area contributed by atoms with E-state index in [2.05, 4.69) is 36.5 Å². The predicted octanol–water partition coefficient (Wildman–Crippen LogP) is 3.06. The second-order valence-electron chi connectivity index (χ2n) is 3.49. The molecule has 0 amide bonds. The molecule has 78 valence electrons. The molecule has 1 aromatic heterocycles. The summed E-state index contributed by atoms with van der Waals surface area (Å²) in [5.41, 5.74) is 3.64. The van der Waals surface area contributed by atoms with Gasteiger partial charge in [0.05, 0.1) is 12.5 Å². The molecular weight excluding hydrogens is 186 g/mol. The van der Waals surface area contributed by atoms with Crippen molar-refractivity contribution >= 4 is 0 Å². The van der Waals surface area contributed by atoms with Gasteiger partial charge in [-0.15, -0.1) is 0 Å². The van der Waals surface area contributed by atoms with Crippen molar-refractivity contribution in [2.75, 3.05) is 6.54 Å². The summed E-state index contributed by atoms with van der Waals surface area (Å²) in [5, 5.41) is 3.30. The first-order chi connectivity index (χ1) is 7.40. The lowest BCUT2D eigenvalue weighted by Gasteiger charge is -2.03. The molecule has 0 bridgehead atoms. The van der Waals surface area contributed by atoms with Crippen LogP contribution in [0.25, 0.3) is 11.1 Å². The van der Waals surface area contributed by atoms with Crippen LogP contribution in [0.3, 0.4) is 0 Å². The second kappa shape index (κ2) is 4.80. The maximum Gasteiger partial charge on any atom is 0.0980 e. The third-order valence-electron chi connectivity index (χ3n) is 2.39. The second-order valence-corrected chi connectivity index (χ2v) is 3.49. The number of hydrogen-bond donors (Lipinski definition) is 1. The summed E-state index contributed by atoms with van der Waals surface area (Å²) in [6.07, 6.45) is 3.46. The molecule has 2 nitrogen and oxygen atoms in total. The lowest BCUT2D eigenvalue weighted by Crippen LogP contribution is -2.11. The van der Waals surface area contributed by atoms with Crippen LogP contribution in [0.15, 0.2) is 47.3 Å². The minimum atomic E-state index is 0.933. The van der Waals surface area contributed by atoms with Crippen molar-refractivity contribution < 1.29 is 4.42 Å². The zero-order valence-corrected chi connectivity index (χ0v) is 8.86. The molecule has 2 heteroatoms. The van der Waals surface area contributed by atoms with Gasteiger partial charge in [0, 0.05) is 12.1 Å². The van der Waals surface area contributed by atoms with Crippen molar-refractivity contribution in [1.29, 1.82) is 0 Å². The van der Waals surface area contributed by atoms with Crippen molar-refractivity contribution in [3.05, 3.63) is 48.4 Å². The SMILES string of the molecule is CCNCc1ccc(-c2ccoc2)cc1. The lowest BCUT2D eigenvalue weighted by atomic mass is 10.1. The van der Waals surface area contributed by atoms with Crippen LogP contribution in [-0.2, 0) is 6.54 Å². The highest BCUT2D eigenvalue weighted by molar-refractivity contribution is 5.62. The molecule has 0 atom stereocenters. The smallest absolute Gasteiger partial charge is 0.0980 e. The Morgan fingerprint density at radius 3 is 2.47 bits per heavy atom. The quantitative estimate of drug-likeness (QED) is 0.822. The van der Waals surface area contributed by atoms with E-state index in [0.29, 0.717) is 0 Å². The van der Waals surface area contributed by atoms with Crippen molar-refractivity contribution in [2.24, 2.45) is 0 Å². The van der Waals surface area contributed by atoms with Crippen molar-refractivity contribution in [2.45, 2.75) is 13.5 Å². The van der Waals surface area contributed by atoms with E-state index in [4.69, 9.17) is 4.42 Å². The van der Waals surface area contributed by atoms with Gasteiger partial charge in [-0.3, -0.25) is 0 Å². The van der Waals surface area contributed by atoms with Crippen LogP contribution in [0, 0.1) is 0 Å². The first-order valence-electron chi connectivity index (χ1n) is 5.22. The molecule has 1 N–H and O–H groups in total. The molecule has 0 saturated carbocycles. The summed E-state index contributed by atoms with van der Waals surface area (Å²) in [4.78, 5) is 0. The highest BCUT2D eigenvalue weighted by atomic mass is 16.3. The van der Waals surface area contributed by atoms with E-state index >= 15 is 0 Å². The summed E-state index contributed by atoms with van der Waals surface area (Å²) in [6.45, 7) is 4.05. The van der Waals surface area contributed by atoms with Gasteiger partial charge in [0.25, 0.3) is 0 Å². The van der Waals surface area contributed by atoms with Gasteiger partial charge in [-0.1, -0.05) is 31.2 Å². The highest BCUT2D eigenvalue weighted by Gasteiger charge is 1.98. The van der Waals surface area contributed by atoms with E-state index in [9.17, 15) is 0 Å². The van der Waals surface area contributed by atoms with Gasteiger partial charge in [0.2, 0.25) is 0 Å². The molecule has 2 aromatic rings. The summed E-state index contributed by atoms with van der Waals surface area (Å²) in [6, 6.07) is 10.5. The molecule has 0 aliphatic heterocycles. The zero-order valence-electron chi connectivity index (χ0n) is 8.86. The Kier molecular flexibility index (Phi) is 3.20. The molecular formula is C13H15NO. The van der Waals surface area contributed by atoms with E-state index in [1.54, 1.807) is 12.5 Å². The Labute approximate surface area is 89.9 Å². The molecule has 0 aliphatic rings. The molecule has 0 spiro atoms. The molecule has 2 rings (SSSR count). The standard InChI is InChI=1S/C13H15NO/c1-2-14-9-11-3-5-12(6-4-11)13-7-8-15-10-13/h3-8,10,14H,2,9H2,1H3. The third-order valence-corrected chi connectivity index (χ3v) is 2.39. The molecule has 0 radical (unpaired) electrons. The van der Waals surface area contributed by atoms with Crippen molar-refractivity contribution in [3.8, 4) is 11.1 Å². The minimum Gasteiger partial charge on any atom is -0.472 e. The van der Waals surface area contributed by atoms with Gasteiger partial charge in [-0.2, -0.15) is 0 Å².